The fraction of sp³-hybridized carbons (Fsp3) is 0.364. The van der Waals surface area contributed by atoms with E-state index in [4.69, 9.17) is 10.3 Å². The molecule has 0 aliphatic rings. The lowest BCUT2D eigenvalue weighted by Gasteiger charge is -2.06. The van der Waals surface area contributed by atoms with Crippen LogP contribution in [-0.2, 0) is 23.1 Å². The minimum Gasteiger partial charge on any atom is -0.361 e. The van der Waals surface area contributed by atoms with Gasteiger partial charge in [-0.25, -0.2) is 13.1 Å². The van der Waals surface area contributed by atoms with Gasteiger partial charge in [0.15, 0.2) is 0 Å². The van der Waals surface area contributed by atoms with Gasteiger partial charge in [0.2, 0.25) is 10.0 Å². The van der Waals surface area contributed by atoms with E-state index in [1.807, 2.05) is 0 Å². The lowest BCUT2D eigenvalue weighted by atomic mass is 10.2. The summed E-state index contributed by atoms with van der Waals surface area (Å²) in [6.45, 7) is 3.89. The summed E-state index contributed by atoms with van der Waals surface area (Å²) in [5, 5.41) is 5.50. The van der Waals surface area contributed by atoms with Gasteiger partial charge in [-0.15, -0.1) is 11.3 Å². The van der Waals surface area contributed by atoms with Gasteiger partial charge in [0.1, 0.15) is 5.76 Å². The lowest BCUT2D eigenvalue weighted by molar-refractivity contribution is 0.392. The normalized spacial score (nSPS) is 11.9. The molecule has 3 N–H and O–H groups in total. The van der Waals surface area contributed by atoms with Crippen molar-refractivity contribution in [3.8, 4) is 0 Å². The number of nitrogens with zero attached hydrogens (tertiary/aromatic N) is 1. The van der Waals surface area contributed by atoms with E-state index in [0.29, 0.717) is 16.3 Å². The Kier molecular flexibility index (Phi) is 4.04. The largest absolute Gasteiger partial charge is 0.361 e. The Bertz CT molecular complexity index is 654. The summed E-state index contributed by atoms with van der Waals surface area (Å²) in [6.07, 6.45) is 0. The molecule has 2 heterocycles. The Morgan fingerprint density at radius 2 is 2.21 bits per heavy atom. The molecule has 0 saturated heterocycles. The molecule has 2 aromatic heterocycles. The molecule has 0 bridgehead atoms. The van der Waals surface area contributed by atoms with Gasteiger partial charge >= 0.3 is 0 Å². The van der Waals surface area contributed by atoms with E-state index < -0.39 is 10.0 Å². The third-order valence-corrected chi connectivity index (χ3v) is 5.36. The van der Waals surface area contributed by atoms with Crippen molar-refractivity contribution in [1.82, 2.24) is 9.88 Å². The SMILES string of the molecule is Cc1noc(C)c1CNS(=O)(=O)c1ccsc1CN. The Labute approximate surface area is 115 Å². The van der Waals surface area contributed by atoms with Crippen LogP contribution in [0, 0.1) is 13.8 Å². The summed E-state index contributed by atoms with van der Waals surface area (Å²) in [7, 11) is -3.56. The summed E-state index contributed by atoms with van der Waals surface area (Å²) < 4.78 is 31.9. The Morgan fingerprint density at radius 3 is 2.79 bits per heavy atom. The predicted molar refractivity (Wildman–Crippen MR) is 72.2 cm³/mol. The highest BCUT2D eigenvalue weighted by Gasteiger charge is 2.20. The molecule has 19 heavy (non-hydrogen) atoms. The van der Waals surface area contributed by atoms with Crippen molar-refractivity contribution < 1.29 is 12.9 Å². The molecule has 104 valence electrons. The van der Waals surface area contributed by atoms with Crippen molar-refractivity contribution in [2.45, 2.75) is 31.8 Å². The number of hydrogen-bond donors (Lipinski definition) is 2. The molecule has 0 unspecified atom stereocenters. The molecule has 0 fully saturated rings. The first kappa shape index (κ1) is 14.2. The van der Waals surface area contributed by atoms with Crippen molar-refractivity contribution in [3.05, 3.63) is 33.3 Å². The lowest BCUT2D eigenvalue weighted by Crippen LogP contribution is -2.24. The van der Waals surface area contributed by atoms with Crippen molar-refractivity contribution in [2.75, 3.05) is 0 Å². The quantitative estimate of drug-likeness (QED) is 0.867. The molecule has 2 aromatic rings. The average molecular weight is 301 g/mol. The number of sulfonamides is 1. The summed E-state index contributed by atoms with van der Waals surface area (Å²) >= 11 is 1.33. The van der Waals surface area contributed by atoms with Gasteiger partial charge in [0, 0.05) is 23.5 Å². The second-order valence-electron chi connectivity index (χ2n) is 4.04. The van der Waals surface area contributed by atoms with Crippen molar-refractivity contribution in [2.24, 2.45) is 5.73 Å². The maximum absolute atomic E-state index is 12.2. The van der Waals surface area contributed by atoms with Gasteiger partial charge in [-0.3, -0.25) is 0 Å². The molecule has 8 heteroatoms. The van der Waals surface area contributed by atoms with Crippen LogP contribution in [0.1, 0.15) is 21.9 Å². The van der Waals surface area contributed by atoms with Crippen molar-refractivity contribution in [1.29, 1.82) is 0 Å². The van der Waals surface area contributed by atoms with Crippen molar-refractivity contribution in [3.63, 3.8) is 0 Å². The third kappa shape index (κ3) is 2.86. The first-order chi connectivity index (χ1) is 8.95. The molecule has 6 nitrogen and oxygen atoms in total. The van der Waals surface area contributed by atoms with Crippen LogP contribution in [0.25, 0.3) is 0 Å². The van der Waals surface area contributed by atoms with Crippen LogP contribution < -0.4 is 10.5 Å². The molecule has 0 saturated carbocycles. The van der Waals surface area contributed by atoms with Crippen molar-refractivity contribution >= 4 is 21.4 Å². The summed E-state index contributed by atoms with van der Waals surface area (Å²) in [5.41, 5.74) is 6.97. The predicted octanol–water partition coefficient (Wildman–Crippen LogP) is 1.29. The molecule has 0 radical (unpaired) electrons. The summed E-state index contributed by atoms with van der Waals surface area (Å²) in [6, 6.07) is 1.56. The standard InChI is InChI=1S/C11H15N3O3S2/c1-7-9(8(2)17-14-7)6-13-19(15,16)11-3-4-18-10(11)5-12/h3-4,13H,5-6,12H2,1-2H3. The van der Waals surface area contributed by atoms with Gasteiger partial charge in [0.05, 0.1) is 10.6 Å². The van der Waals surface area contributed by atoms with Crippen LogP contribution in [0.15, 0.2) is 20.9 Å². The van der Waals surface area contributed by atoms with E-state index in [0.717, 1.165) is 5.56 Å². The average Bonchev–Trinajstić information content (AvgIpc) is 2.95. The molecule has 0 aromatic carbocycles. The van der Waals surface area contributed by atoms with E-state index in [2.05, 4.69) is 9.88 Å². The zero-order chi connectivity index (χ0) is 14.0. The number of thiophene rings is 1. The first-order valence-electron chi connectivity index (χ1n) is 5.63. The van der Waals surface area contributed by atoms with Crippen LogP contribution in [0.4, 0.5) is 0 Å². The maximum Gasteiger partial charge on any atom is 0.242 e. The van der Waals surface area contributed by atoms with Crippen LogP contribution in [0.5, 0.6) is 0 Å². The number of hydrogen-bond acceptors (Lipinski definition) is 6. The monoisotopic (exact) mass is 301 g/mol. The molecule has 0 atom stereocenters. The molecular formula is C11H15N3O3S2. The minimum atomic E-state index is -3.56. The number of nitrogens with one attached hydrogen (secondary N) is 1. The zero-order valence-corrected chi connectivity index (χ0v) is 12.3. The number of nitrogens with two attached hydrogens (primary N) is 1. The fourth-order valence-electron chi connectivity index (χ4n) is 1.72. The van der Waals surface area contributed by atoms with Crippen LogP contribution in [-0.4, -0.2) is 13.6 Å². The molecule has 2 rings (SSSR count). The molecule has 0 spiro atoms. The van der Waals surface area contributed by atoms with Gasteiger partial charge in [-0.1, -0.05) is 5.16 Å². The van der Waals surface area contributed by atoms with E-state index in [-0.39, 0.29) is 18.0 Å². The Morgan fingerprint density at radius 1 is 1.47 bits per heavy atom. The first-order valence-corrected chi connectivity index (χ1v) is 8.00. The van der Waals surface area contributed by atoms with Crippen LogP contribution in [0.3, 0.4) is 0 Å². The smallest absolute Gasteiger partial charge is 0.242 e. The van der Waals surface area contributed by atoms with E-state index in [1.54, 1.807) is 25.3 Å². The maximum atomic E-state index is 12.2. The summed E-state index contributed by atoms with van der Waals surface area (Å²) in [5.74, 6) is 0.615. The second-order valence-corrected chi connectivity index (χ2v) is 6.78. The molecule has 0 aliphatic heterocycles. The second kappa shape index (κ2) is 5.41. The van der Waals surface area contributed by atoms with Crippen LogP contribution >= 0.6 is 11.3 Å². The van der Waals surface area contributed by atoms with Gasteiger partial charge in [-0.2, -0.15) is 0 Å². The Balaban J connectivity index is 2.19. The fourth-order valence-corrected chi connectivity index (χ4v) is 4.04. The number of aryl methyl sites for hydroxylation is 2. The summed E-state index contributed by atoms with van der Waals surface area (Å²) in [4.78, 5) is 0.887. The van der Waals surface area contributed by atoms with Gasteiger partial charge < -0.3 is 10.3 Å². The molecule has 0 amide bonds. The third-order valence-electron chi connectivity index (χ3n) is 2.80. The number of aromatic nitrogens is 1. The van der Waals surface area contributed by atoms with Gasteiger partial charge in [0.25, 0.3) is 0 Å². The van der Waals surface area contributed by atoms with E-state index in [1.165, 1.54) is 11.3 Å². The molecule has 0 aliphatic carbocycles. The van der Waals surface area contributed by atoms with Gasteiger partial charge in [-0.05, 0) is 25.3 Å². The Hall–Kier alpha value is -1.22. The van der Waals surface area contributed by atoms with Crippen LogP contribution in [0.2, 0.25) is 0 Å². The highest BCUT2D eigenvalue weighted by molar-refractivity contribution is 7.89. The number of rotatable bonds is 5. The topological polar surface area (TPSA) is 98.2 Å². The highest BCUT2D eigenvalue weighted by Crippen LogP contribution is 2.22. The van der Waals surface area contributed by atoms with E-state index >= 15 is 0 Å². The molecular weight excluding hydrogens is 286 g/mol. The highest BCUT2D eigenvalue weighted by atomic mass is 32.2. The minimum absolute atomic E-state index is 0.156. The van der Waals surface area contributed by atoms with E-state index in [9.17, 15) is 8.42 Å². The zero-order valence-electron chi connectivity index (χ0n) is 10.6.